The van der Waals surface area contributed by atoms with E-state index in [1.165, 1.54) is 11.3 Å². The van der Waals surface area contributed by atoms with Gasteiger partial charge in [0.05, 0.1) is 33.5 Å². The molecule has 1 aliphatic heterocycles. The first-order valence-corrected chi connectivity index (χ1v) is 12.9. The summed E-state index contributed by atoms with van der Waals surface area (Å²) in [5.74, 6) is -0.482. The number of aryl methyl sites for hydroxylation is 2. The van der Waals surface area contributed by atoms with Crippen molar-refractivity contribution in [1.29, 1.82) is 0 Å². The number of anilines is 1. The van der Waals surface area contributed by atoms with E-state index in [1.807, 2.05) is 13.8 Å². The molecule has 1 unspecified atom stereocenters. The quantitative estimate of drug-likeness (QED) is 0.528. The van der Waals surface area contributed by atoms with Crippen LogP contribution >= 0.6 is 11.3 Å². The molecular weight excluding hydrogens is 432 g/mol. The first-order valence-electron chi connectivity index (χ1n) is 10.4. The highest BCUT2D eigenvalue weighted by Crippen LogP contribution is 2.33. The molecule has 1 amide bonds. The van der Waals surface area contributed by atoms with Gasteiger partial charge in [0.1, 0.15) is 0 Å². The van der Waals surface area contributed by atoms with Gasteiger partial charge in [-0.25, -0.2) is 13.4 Å². The van der Waals surface area contributed by atoms with Crippen molar-refractivity contribution in [2.24, 2.45) is 0 Å². The first-order chi connectivity index (χ1) is 14.8. The molecule has 164 valence electrons. The number of hydrogen-bond donors (Lipinski definition) is 0. The predicted molar refractivity (Wildman–Crippen MR) is 124 cm³/mol. The van der Waals surface area contributed by atoms with Gasteiger partial charge in [-0.15, -0.1) is 0 Å². The summed E-state index contributed by atoms with van der Waals surface area (Å²) in [5.41, 5.74) is 3.09. The third kappa shape index (κ3) is 4.97. The van der Waals surface area contributed by atoms with Crippen LogP contribution in [-0.2, 0) is 19.4 Å². The Kier molecular flexibility index (Phi) is 6.41. The predicted octanol–water partition coefficient (Wildman–Crippen LogP) is 4.29. The van der Waals surface area contributed by atoms with E-state index in [1.54, 1.807) is 35.2 Å². The molecule has 0 aliphatic carbocycles. The molecule has 3 aromatic rings. The normalized spacial score (nSPS) is 16.6. The van der Waals surface area contributed by atoms with Gasteiger partial charge in [0, 0.05) is 13.0 Å². The van der Waals surface area contributed by atoms with Gasteiger partial charge in [0.15, 0.2) is 15.0 Å². The van der Waals surface area contributed by atoms with Crippen LogP contribution in [0.25, 0.3) is 10.2 Å². The Morgan fingerprint density at radius 1 is 1.23 bits per heavy atom. The third-order valence-electron chi connectivity index (χ3n) is 5.45. The van der Waals surface area contributed by atoms with Gasteiger partial charge in [0.25, 0.3) is 0 Å². The Morgan fingerprint density at radius 3 is 2.71 bits per heavy atom. The lowest BCUT2D eigenvalue weighted by atomic mass is 10.1. The number of sulfone groups is 1. The van der Waals surface area contributed by atoms with E-state index in [0.29, 0.717) is 18.3 Å². The molecule has 8 heteroatoms. The Bertz CT molecular complexity index is 1180. The number of ether oxygens (including phenoxy) is 1. The molecule has 0 radical (unpaired) electrons. The topological polar surface area (TPSA) is 76.6 Å². The summed E-state index contributed by atoms with van der Waals surface area (Å²) in [4.78, 5) is 19.8. The molecule has 0 N–H and O–H groups in total. The van der Waals surface area contributed by atoms with Crippen LogP contribution in [-0.4, -0.2) is 44.3 Å². The minimum absolute atomic E-state index is 0.0514. The minimum atomic E-state index is -3.53. The van der Waals surface area contributed by atoms with E-state index in [2.05, 4.69) is 12.1 Å². The zero-order valence-corrected chi connectivity index (χ0v) is 19.3. The highest BCUT2D eigenvalue weighted by atomic mass is 32.2. The summed E-state index contributed by atoms with van der Waals surface area (Å²) in [6, 6.07) is 12.4. The molecular formula is C23H26N2O4S2. The minimum Gasteiger partial charge on any atom is -0.376 e. The molecule has 31 heavy (non-hydrogen) atoms. The second-order valence-electron chi connectivity index (χ2n) is 7.95. The van der Waals surface area contributed by atoms with Gasteiger partial charge in [0.2, 0.25) is 5.91 Å². The maximum atomic E-state index is 13.2. The largest absolute Gasteiger partial charge is 0.376 e. The van der Waals surface area contributed by atoms with Crippen LogP contribution in [0.4, 0.5) is 5.13 Å². The number of aromatic nitrogens is 1. The van der Waals surface area contributed by atoms with Crippen molar-refractivity contribution in [3.63, 3.8) is 0 Å². The summed E-state index contributed by atoms with van der Waals surface area (Å²) in [7, 11) is -3.53. The van der Waals surface area contributed by atoms with Crippen molar-refractivity contribution in [3.8, 4) is 0 Å². The van der Waals surface area contributed by atoms with Crippen LogP contribution in [0.1, 0.15) is 30.4 Å². The SMILES string of the molecule is Cc1cc(C)c2nc(N(CC3CCCO3)C(=O)CCS(=O)(=O)c3ccccc3)sc2c1. The first kappa shape index (κ1) is 21.9. The van der Waals surface area contributed by atoms with Crippen LogP contribution in [0.3, 0.4) is 0 Å². The average Bonchev–Trinajstić information content (AvgIpc) is 3.40. The van der Waals surface area contributed by atoms with Crippen molar-refractivity contribution in [2.45, 2.75) is 44.1 Å². The maximum absolute atomic E-state index is 13.2. The number of nitrogens with zero attached hydrogens (tertiary/aromatic N) is 2. The monoisotopic (exact) mass is 458 g/mol. The van der Waals surface area contributed by atoms with E-state index >= 15 is 0 Å². The lowest BCUT2D eigenvalue weighted by molar-refractivity contribution is -0.118. The summed E-state index contributed by atoms with van der Waals surface area (Å²) in [5, 5.41) is 0.598. The van der Waals surface area contributed by atoms with Gasteiger partial charge < -0.3 is 4.74 Å². The van der Waals surface area contributed by atoms with Gasteiger partial charge in [-0.2, -0.15) is 0 Å². The lowest BCUT2D eigenvalue weighted by Crippen LogP contribution is -2.38. The fourth-order valence-electron chi connectivity index (χ4n) is 3.86. The van der Waals surface area contributed by atoms with Crippen molar-refractivity contribution >= 4 is 42.4 Å². The van der Waals surface area contributed by atoms with Crippen LogP contribution in [0.15, 0.2) is 47.4 Å². The third-order valence-corrected chi connectivity index (χ3v) is 8.21. The van der Waals surface area contributed by atoms with Crippen molar-refractivity contribution in [2.75, 3.05) is 23.8 Å². The van der Waals surface area contributed by atoms with E-state index in [0.717, 1.165) is 34.2 Å². The number of hydrogen-bond acceptors (Lipinski definition) is 6. The van der Waals surface area contributed by atoms with Crippen molar-refractivity contribution in [1.82, 2.24) is 4.98 Å². The molecule has 1 saturated heterocycles. The van der Waals surface area contributed by atoms with Crippen molar-refractivity contribution < 1.29 is 17.9 Å². The lowest BCUT2D eigenvalue weighted by Gasteiger charge is -2.23. The van der Waals surface area contributed by atoms with Crippen LogP contribution in [0.5, 0.6) is 0 Å². The second kappa shape index (κ2) is 9.06. The summed E-state index contributed by atoms with van der Waals surface area (Å²) >= 11 is 1.46. The fraction of sp³-hybridized carbons (Fsp3) is 0.391. The molecule has 1 fully saturated rings. The second-order valence-corrected chi connectivity index (χ2v) is 11.1. The number of thiazole rings is 1. The molecule has 6 nitrogen and oxygen atoms in total. The molecule has 1 aliphatic rings. The van der Waals surface area contributed by atoms with Crippen LogP contribution < -0.4 is 4.90 Å². The number of carbonyl (C=O) groups is 1. The molecule has 0 bridgehead atoms. The summed E-state index contributed by atoms with van der Waals surface area (Å²) < 4.78 is 32.1. The van der Waals surface area contributed by atoms with Crippen LogP contribution in [0.2, 0.25) is 0 Å². The Hall–Kier alpha value is -2.29. The van der Waals surface area contributed by atoms with Crippen LogP contribution in [0, 0.1) is 13.8 Å². The Labute approximate surface area is 186 Å². The zero-order valence-electron chi connectivity index (χ0n) is 17.7. The Morgan fingerprint density at radius 2 is 2.00 bits per heavy atom. The molecule has 0 saturated carbocycles. The van der Waals surface area contributed by atoms with Gasteiger partial charge >= 0.3 is 0 Å². The Balaban J connectivity index is 1.59. The molecule has 1 atom stereocenters. The van der Waals surface area contributed by atoms with Crippen molar-refractivity contribution in [3.05, 3.63) is 53.6 Å². The number of fused-ring (bicyclic) bond motifs is 1. The van der Waals surface area contributed by atoms with E-state index < -0.39 is 9.84 Å². The maximum Gasteiger partial charge on any atom is 0.229 e. The highest BCUT2D eigenvalue weighted by molar-refractivity contribution is 7.91. The highest BCUT2D eigenvalue weighted by Gasteiger charge is 2.27. The number of amides is 1. The standard InChI is InChI=1S/C23H26N2O4S2/c1-16-13-17(2)22-20(14-16)30-23(24-22)25(15-18-7-6-11-29-18)21(26)10-12-31(27,28)19-8-4-3-5-9-19/h3-5,8-9,13-14,18H,6-7,10-12,15H2,1-2H3. The average molecular weight is 459 g/mol. The van der Waals surface area contributed by atoms with Gasteiger partial charge in [-0.05, 0) is 56.0 Å². The number of rotatable bonds is 7. The summed E-state index contributed by atoms with van der Waals surface area (Å²) in [6.45, 7) is 5.13. The molecule has 1 aromatic heterocycles. The molecule has 0 spiro atoms. The zero-order chi connectivity index (χ0) is 22.0. The molecule has 4 rings (SSSR count). The molecule has 2 heterocycles. The smallest absolute Gasteiger partial charge is 0.229 e. The fourth-order valence-corrected chi connectivity index (χ4v) is 6.27. The number of carbonyl (C=O) groups excluding carboxylic acids is 1. The number of benzene rings is 2. The van der Waals surface area contributed by atoms with Gasteiger partial charge in [-0.3, -0.25) is 9.69 Å². The van der Waals surface area contributed by atoms with E-state index in [-0.39, 0.29) is 29.1 Å². The van der Waals surface area contributed by atoms with E-state index in [4.69, 9.17) is 9.72 Å². The van der Waals surface area contributed by atoms with Gasteiger partial charge in [-0.1, -0.05) is 35.6 Å². The molecule has 2 aromatic carbocycles. The summed E-state index contributed by atoms with van der Waals surface area (Å²) in [6.07, 6.45) is 1.70. The van der Waals surface area contributed by atoms with E-state index in [9.17, 15) is 13.2 Å².